The summed E-state index contributed by atoms with van der Waals surface area (Å²) >= 11 is 0. The monoisotopic (exact) mass is 302 g/mol. The number of aryl methyl sites for hydroxylation is 2. The fourth-order valence-electron chi connectivity index (χ4n) is 1.53. The highest BCUT2D eigenvalue weighted by atomic mass is 16.5. The molecule has 22 heavy (non-hydrogen) atoms. The predicted molar refractivity (Wildman–Crippen MR) is 81.1 cm³/mol. The van der Waals surface area contributed by atoms with Crippen LogP contribution >= 0.6 is 0 Å². The second kappa shape index (κ2) is 8.47. The smallest absolute Gasteiger partial charge is 0.325 e. The molecular formula is C16H18N2O4. The van der Waals surface area contributed by atoms with Gasteiger partial charge in [0, 0.05) is 5.56 Å². The number of amides is 2. The van der Waals surface area contributed by atoms with Crippen LogP contribution in [0.15, 0.2) is 18.2 Å². The van der Waals surface area contributed by atoms with Crippen molar-refractivity contribution in [1.82, 2.24) is 10.6 Å². The van der Waals surface area contributed by atoms with Crippen molar-refractivity contribution < 1.29 is 19.1 Å². The minimum Gasteiger partial charge on any atom is -0.454 e. The fourth-order valence-corrected chi connectivity index (χ4v) is 1.53. The molecule has 0 heterocycles. The number of benzene rings is 1. The maximum Gasteiger partial charge on any atom is 0.325 e. The lowest BCUT2D eigenvalue weighted by Crippen LogP contribution is -2.34. The highest BCUT2D eigenvalue weighted by Gasteiger charge is 2.11. The van der Waals surface area contributed by atoms with Crippen LogP contribution in [0.5, 0.6) is 0 Å². The van der Waals surface area contributed by atoms with Crippen LogP contribution < -0.4 is 10.6 Å². The third-order valence-corrected chi connectivity index (χ3v) is 2.91. The standard InChI is InChI=1S/C16H18N2O4/c1-4-7-17-14(19)10-22-15(20)9-18-16(21)13-6-5-11(2)12(3)8-13/h1,5-6,8H,7,9-10H2,2-3H3,(H,17,19)(H,18,21). The summed E-state index contributed by atoms with van der Waals surface area (Å²) in [5.41, 5.74) is 2.53. The minimum atomic E-state index is -0.701. The molecule has 0 saturated carbocycles. The largest absolute Gasteiger partial charge is 0.454 e. The molecule has 0 fully saturated rings. The zero-order valence-electron chi connectivity index (χ0n) is 12.6. The second-order valence-electron chi connectivity index (χ2n) is 4.62. The molecule has 0 aromatic heterocycles. The van der Waals surface area contributed by atoms with Crippen LogP contribution in [0.4, 0.5) is 0 Å². The van der Waals surface area contributed by atoms with Crippen molar-refractivity contribution in [3.05, 3.63) is 34.9 Å². The first-order valence-electron chi connectivity index (χ1n) is 6.65. The Labute approximate surface area is 129 Å². The van der Waals surface area contributed by atoms with Gasteiger partial charge in [-0.1, -0.05) is 12.0 Å². The number of hydrogen-bond donors (Lipinski definition) is 2. The van der Waals surface area contributed by atoms with E-state index in [2.05, 4.69) is 16.6 Å². The van der Waals surface area contributed by atoms with E-state index in [9.17, 15) is 14.4 Å². The Balaban J connectivity index is 2.37. The Kier molecular flexibility index (Phi) is 6.64. The molecule has 2 amide bonds. The van der Waals surface area contributed by atoms with E-state index in [-0.39, 0.29) is 19.0 Å². The summed E-state index contributed by atoms with van der Waals surface area (Å²) in [4.78, 5) is 34.5. The molecule has 0 radical (unpaired) electrons. The number of esters is 1. The quantitative estimate of drug-likeness (QED) is 0.586. The van der Waals surface area contributed by atoms with E-state index in [0.717, 1.165) is 11.1 Å². The highest BCUT2D eigenvalue weighted by Crippen LogP contribution is 2.09. The number of nitrogens with one attached hydrogen (secondary N) is 2. The van der Waals surface area contributed by atoms with Crippen molar-refractivity contribution in [1.29, 1.82) is 0 Å². The van der Waals surface area contributed by atoms with Gasteiger partial charge in [0.2, 0.25) is 0 Å². The average Bonchev–Trinajstić information content (AvgIpc) is 2.51. The normalized spacial score (nSPS) is 9.50. The molecule has 1 aromatic carbocycles. The van der Waals surface area contributed by atoms with Gasteiger partial charge < -0.3 is 15.4 Å². The number of rotatable bonds is 6. The van der Waals surface area contributed by atoms with Crippen molar-refractivity contribution >= 4 is 17.8 Å². The lowest BCUT2D eigenvalue weighted by atomic mass is 10.1. The molecule has 6 heteroatoms. The van der Waals surface area contributed by atoms with Crippen molar-refractivity contribution in [2.24, 2.45) is 0 Å². The van der Waals surface area contributed by atoms with E-state index in [1.54, 1.807) is 12.1 Å². The van der Waals surface area contributed by atoms with E-state index in [1.807, 2.05) is 19.9 Å². The summed E-state index contributed by atoms with van der Waals surface area (Å²) in [5, 5.41) is 4.79. The average molecular weight is 302 g/mol. The molecule has 0 bridgehead atoms. The van der Waals surface area contributed by atoms with Crippen molar-refractivity contribution in [3.8, 4) is 12.3 Å². The Morgan fingerprint density at radius 1 is 1.18 bits per heavy atom. The third kappa shape index (κ3) is 5.67. The van der Waals surface area contributed by atoms with Gasteiger partial charge in [-0.3, -0.25) is 14.4 Å². The van der Waals surface area contributed by atoms with E-state index >= 15 is 0 Å². The zero-order valence-corrected chi connectivity index (χ0v) is 12.6. The van der Waals surface area contributed by atoms with E-state index in [1.165, 1.54) is 0 Å². The van der Waals surface area contributed by atoms with Gasteiger partial charge >= 0.3 is 5.97 Å². The van der Waals surface area contributed by atoms with Gasteiger partial charge in [0.25, 0.3) is 11.8 Å². The van der Waals surface area contributed by atoms with Gasteiger partial charge in [-0.25, -0.2) is 0 Å². The van der Waals surface area contributed by atoms with E-state index in [4.69, 9.17) is 11.2 Å². The van der Waals surface area contributed by atoms with E-state index < -0.39 is 18.5 Å². The molecule has 1 rings (SSSR count). The molecule has 0 spiro atoms. The van der Waals surface area contributed by atoms with Gasteiger partial charge in [0.1, 0.15) is 6.54 Å². The summed E-state index contributed by atoms with van der Waals surface area (Å²) < 4.78 is 4.70. The van der Waals surface area contributed by atoms with Gasteiger partial charge in [-0.05, 0) is 37.1 Å². The van der Waals surface area contributed by atoms with E-state index in [0.29, 0.717) is 5.56 Å². The molecule has 0 aliphatic rings. The summed E-state index contributed by atoms with van der Waals surface area (Å²) in [6.45, 7) is 3.17. The number of carbonyl (C=O) groups excluding carboxylic acids is 3. The molecule has 1 aromatic rings. The lowest BCUT2D eigenvalue weighted by Gasteiger charge is -2.07. The van der Waals surface area contributed by atoms with Crippen LogP contribution in [-0.2, 0) is 14.3 Å². The zero-order chi connectivity index (χ0) is 16.5. The SMILES string of the molecule is C#CCNC(=O)COC(=O)CNC(=O)c1ccc(C)c(C)c1. The third-order valence-electron chi connectivity index (χ3n) is 2.91. The van der Waals surface area contributed by atoms with Crippen molar-refractivity contribution in [2.45, 2.75) is 13.8 Å². The van der Waals surface area contributed by atoms with Crippen LogP contribution in [-0.4, -0.2) is 37.5 Å². The molecule has 0 aliphatic carbocycles. The Bertz CT molecular complexity index is 617. The summed E-state index contributed by atoms with van der Waals surface area (Å²) in [7, 11) is 0. The lowest BCUT2D eigenvalue weighted by molar-refractivity contribution is -0.147. The predicted octanol–water partition coefficient (Wildman–Crippen LogP) is 0.326. The van der Waals surface area contributed by atoms with Crippen LogP contribution in [0.1, 0.15) is 21.5 Å². The fraction of sp³-hybridized carbons (Fsp3) is 0.312. The van der Waals surface area contributed by atoms with Crippen LogP contribution in [0.3, 0.4) is 0 Å². The number of hydrogen-bond acceptors (Lipinski definition) is 4. The molecular weight excluding hydrogens is 284 g/mol. The Hall–Kier alpha value is -2.81. The van der Waals surface area contributed by atoms with Crippen LogP contribution in [0, 0.1) is 26.2 Å². The number of terminal acetylenes is 1. The summed E-state index contributed by atoms with van der Waals surface area (Å²) in [6.07, 6.45) is 4.97. The van der Waals surface area contributed by atoms with Crippen LogP contribution in [0.25, 0.3) is 0 Å². The first-order valence-corrected chi connectivity index (χ1v) is 6.65. The van der Waals surface area contributed by atoms with Crippen LogP contribution in [0.2, 0.25) is 0 Å². The molecule has 0 unspecified atom stereocenters. The first-order chi connectivity index (χ1) is 10.4. The van der Waals surface area contributed by atoms with Gasteiger partial charge in [-0.15, -0.1) is 6.42 Å². The maximum absolute atomic E-state index is 11.9. The molecule has 6 nitrogen and oxygen atoms in total. The minimum absolute atomic E-state index is 0.0693. The van der Waals surface area contributed by atoms with Gasteiger partial charge in [-0.2, -0.15) is 0 Å². The second-order valence-corrected chi connectivity index (χ2v) is 4.62. The summed E-state index contributed by atoms with van der Waals surface area (Å²) in [5.74, 6) is 0.651. The maximum atomic E-state index is 11.9. The summed E-state index contributed by atoms with van der Waals surface area (Å²) in [6, 6.07) is 5.25. The number of ether oxygens (including phenoxy) is 1. The topological polar surface area (TPSA) is 84.5 Å². The van der Waals surface area contributed by atoms with Crippen molar-refractivity contribution in [3.63, 3.8) is 0 Å². The first kappa shape index (κ1) is 17.2. The molecule has 0 saturated heterocycles. The molecule has 0 atom stereocenters. The molecule has 0 aliphatic heterocycles. The van der Waals surface area contributed by atoms with Gasteiger partial charge in [0.05, 0.1) is 6.54 Å². The Morgan fingerprint density at radius 2 is 1.91 bits per heavy atom. The molecule has 2 N–H and O–H groups in total. The van der Waals surface area contributed by atoms with Gasteiger partial charge in [0.15, 0.2) is 6.61 Å². The number of carbonyl (C=O) groups is 3. The van der Waals surface area contributed by atoms with Crippen molar-refractivity contribution in [2.75, 3.05) is 19.7 Å². The molecule has 116 valence electrons. The Morgan fingerprint density at radius 3 is 2.55 bits per heavy atom. The highest BCUT2D eigenvalue weighted by molar-refractivity contribution is 5.96.